The number of alkyl halides is 1. The Morgan fingerprint density at radius 3 is 2.31 bits per heavy atom. The Kier molecular flexibility index (Phi) is 5.08. The molecule has 0 spiro atoms. The van der Waals surface area contributed by atoms with Gasteiger partial charge in [-0.2, -0.15) is 0 Å². The van der Waals surface area contributed by atoms with Gasteiger partial charge in [0.15, 0.2) is 0 Å². The Morgan fingerprint density at radius 1 is 0.966 bits per heavy atom. The highest BCUT2D eigenvalue weighted by Crippen LogP contribution is 2.65. The van der Waals surface area contributed by atoms with Gasteiger partial charge in [-0.3, -0.25) is 0 Å². The predicted molar refractivity (Wildman–Crippen MR) is 115 cm³/mol. The molecule has 0 aromatic heterocycles. The smallest absolute Gasteiger partial charge is 0.228 e. The lowest BCUT2D eigenvalue weighted by molar-refractivity contribution is -0.0708. The van der Waals surface area contributed by atoms with E-state index in [1.807, 2.05) is 24.3 Å². The molecule has 4 saturated carbocycles. The zero-order valence-electron chi connectivity index (χ0n) is 16.8. The third-order valence-electron chi connectivity index (χ3n) is 7.61. The van der Waals surface area contributed by atoms with Crippen molar-refractivity contribution in [2.75, 3.05) is 13.4 Å². The van der Waals surface area contributed by atoms with Gasteiger partial charge in [-0.25, -0.2) is 4.39 Å². The number of hydrogen-bond donors (Lipinski definition) is 1. The van der Waals surface area contributed by atoms with Crippen molar-refractivity contribution in [2.45, 2.75) is 50.5 Å². The third kappa shape index (κ3) is 3.80. The highest BCUT2D eigenvalue weighted by molar-refractivity contribution is 6.30. The van der Waals surface area contributed by atoms with E-state index in [2.05, 4.69) is 29.6 Å². The molecule has 2 nitrogen and oxygen atoms in total. The maximum Gasteiger partial charge on any atom is 0.228 e. The topological polar surface area (TPSA) is 21.3 Å². The van der Waals surface area contributed by atoms with Crippen LogP contribution in [0.15, 0.2) is 48.5 Å². The third-order valence-corrected chi connectivity index (χ3v) is 7.86. The average Bonchev–Trinajstić information content (AvgIpc) is 2.69. The highest BCUT2D eigenvalue weighted by atomic mass is 35.5. The standard InChI is InChI=1S/C25H29ClFNO/c26-22-5-3-21(4-6-22)25-12-19-9-20(13-25)11-24(10-19,15-25)16-28-14-18-1-7-23(8-2-18)29-17-27/h1-8,19-20,28H,9-17H2. The monoisotopic (exact) mass is 413 g/mol. The molecule has 0 aliphatic heterocycles. The lowest BCUT2D eigenvalue weighted by Gasteiger charge is -2.62. The van der Waals surface area contributed by atoms with Gasteiger partial charge < -0.3 is 10.1 Å². The molecule has 2 atom stereocenters. The van der Waals surface area contributed by atoms with Crippen molar-refractivity contribution in [3.8, 4) is 5.75 Å². The summed E-state index contributed by atoms with van der Waals surface area (Å²) < 4.78 is 17.2. The molecule has 4 heteroatoms. The first-order valence-corrected chi connectivity index (χ1v) is 11.2. The minimum absolute atomic E-state index is 0.349. The summed E-state index contributed by atoms with van der Waals surface area (Å²) in [6, 6.07) is 16.4. The maximum absolute atomic E-state index is 12.3. The molecule has 4 aliphatic carbocycles. The van der Waals surface area contributed by atoms with Gasteiger partial charge in [0.25, 0.3) is 0 Å². The number of hydrogen-bond acceptors (Lipinski definition) is 2. The second-order valence-corrected chi connectivity index (χ2v) is 10.2. The van der Waals surface area contributed by atoms with Gasteiger partial charge in [-0.1, -0.05) is 35.9 Å². The fourth-order valence-corrected chi connectivity index (χ4v) is 7.16. The van der Waals surface area contributed by atoms with Crippen LogP contribution >= 0.6 is 11.6 Å². The fourth-order valence-electron chi connectivity index (χ4n) is 7.04. The van der Waals surface area contributed by atoms with Gasteiger partial charge in [-0.05, 0) is 96.6 Å². The summed E-state index contributed by atoms with van der Waals surface area (Å²) in [6.07, 6.45) is 8.16. The van der Waals surface area contributed by atoms with Crippen molar-refractivity contribution in [3.63, 3.8) is 0 Å². The minimum atomic E-state index is -0.780. The first-order chi connectivity index (χ1) is 14.1. The molecule has 0 amide bonds. The lowest BCUT2D eigenvalue weighted by Crippen LogP contribution is -2.56. The molecule has 4 aliphatic rings. The summed E-state index contributed by atoms with van der Waals surface area (Å²) in [7, 11) is 0. The summed E-state index contributed by atoms with van der Waals surface area (Å²) in [5, 5.41) is 4.58. The van der Waals surface area contributed by atoms with Crippen LogP contribution in [0.2, 0.25) is 5.02 Å². The molecule has 4 fully saturated rings. The van der Waals surface area contributed by atoms with Crippen LogP contribution in [-0.2, 0) is 12.0 Å². The van der Waals surface area contributed by atoms with E-state index < -0.39 is 6.86 Å². The molecule has 29 heavy (non-hydrogen) atoms. The van der Waals surface area contributed by atoms with Crippen molar-refractivity contribution in [2.24, 2.45) is 17.3 Å². The van der Waals surface area contributed by atoms with Crippen LogP contribution in [0.1, 0.15) is 49.7 Å². The van der Waals surface area contributed by atoms with E-state index in [9.17, 15) is 4.39 Å². The Morgan fingerprint density at radius 2 is 1.66 bits per heavy atom. The summed E-state index contributed by atoms with van der Waals surface area (Å²) >= 11 is 6.16. The minimum Gasteiger partial charge on any atom is -0.463 e. The van der Waals surface area contributed by atoms with Crippen molar-refractivity contribution >= 4 is 11.6 Å². The lowest BCUT2D eigenvalue weighted by atomic mass is 9.43. The van der Waals surface area contributed by atoms with E-state index in [1.54, 1.807) is 0 Å². The molecule has 0 saturated heterocycles. The summed E-state index contributed by atoms with van der Waals surface area (Å²) in [5.74, 6) is 2.32. The van der Waals surface area contributed by atoms with E-state index in [0.29, 0.717) is 16.6 Å². The molecule has 1 N–H and O–H groups in total. The van der Waals surface area contributed by atoms with Gasteiger partial charge in [0.1, 0.15) is 5.75 Å². The SMILES string of the molecule is FCOc1ccc(CNCC23CC4CC(C2)CC(c2ccc(Cl)cc2)(C4)C3)cc1. The van der Waals surface area contributed by atoms with Crippen LogP contribution in [-0.4, -0.2) is 13.4 Å². The number of ether oxygens (including phenoxy) is 1. The summed E-state index contributed by atoms with van der Waals surface area (Å²) in [6.45, 7) is 1.15. The second-order valence-electron chi connectivity index (χ2n) is 9.75. The predicted octanol–water partition coefficient (Wildman–Crippen LogP) is 6.27. The number of halogens is 2. The summed E-state index contributed by atoms with van der Waals surface area (Å²) in [4.78, 5) is 0. The molecular weight excluding hydrogens is 385 g/mol. The van der Waals surface area contributed by atoms with E-state index in [-0.39, 0.29) is 0 Å². The largest absolute Gasteiger partial charge is 0.463 e. The van der Waals surface area contributed by atoms with E-state index >= 15 is 0 Å². The van der Waals surface area contributed by atoms with Gasteiger partial charge in [0, 0.05) is 18.1 Å². The van der Waals surface area contributed by atoms with Crippen LogP contribution in [0.25, 0.3) is 0 Å². The molecule has 2 aromatic rings. The zero-order valence-corrected chi connectivity index (χ0v) is 17.6. The fraction of sp³-hybridized carbons (Fsp3) is 0.520. The molecule has 2 unspecified atom stereocenters. The average molecular weight is 414 g/mol. The Hall–Kier alpha value is -1.58. The van der Waals surface area contributed by atoms with Crippen molar-refractivity contribution < 1.29 is 9.13 Å². The highest BCUT2D eigenvalue weighted by Gasteiger charge is 2.57. The molecule has 0 radical (unpaired) electrons. The Balaban J connectivity index is 1.28. The molecular formula is C25H29ClFNO. The molecule has 0 heterocycles. The van der Waals surface area contributed by atoms with Gasteiger partial charge >= 0.3 is 0 Å². The Labute approximate surface area is 177 Å². The second kappa shape index (κ2) is 7.59. The van der Waals surface area contributed by atoms with Crippen molar-refractivity contribution in [1.29, 1.82) is 0 Å². The number of rotatable bonds is 7. The van der Waals surface area contributed by atoms with E-state index in [0.717, 1.165) is 29.9 Å². The van der Waals surface area contributed by atoms with Crippen molar-refractivity contribution in [3.05, 3.63) is 64.7 Å². The normalized spacial score (nSPS) is 32.5. The van der Waals surface area contributed by atoms with E-state index in [1.165, 1.54) is 49.7 Å². The van der Waals surface area contributed by atoms with Crippen LogP contribution in [0, 0.1) is 17.3 Å². The molecule has 154 valence electrons. The van der Waals surface area contributed by atoms with Gasteiger partial charge in [-0.15, -0.1) is 0 Å². The molecule has 4 bridgehead atoms. The zero-order chi connectivity index (χ0) is 19.9. The van der Waals surface area contributed by atoms with Crippen LogP contribution in [0.4, 0.5) is 4.39 Å². The Bertz CT molecular complexity index is 836. The van der Waals surface area contributed by atoms with Gasteiger partial charge in [0.2, 0.25) is 6.86 Å². The first-order valence-electron chi connectivity index (χ1n) is 10.8. The van der Waals surface area contributed by atoms with Crippen LogP contribution in [0.5, 0.6) is 5.75 Å². The number of nitrogens with one attached hydrogen (secondary N) is 1. The van der Waals surface area contributed by atoms with Gasteiger partial charge in [0.05, 0.1) is 0 Å². The molecule has 2 aromatic carbocycles. The molecule has 6 rings (SSSR count). The van der Waals surface area contributed by atoms with Crippen LogP contribution < -0.4 is 10.1 Å². The quantitative estimate of drug-likeness (QED) is 0.577. The van der Waals surface area contributed by atoms with E-state index in [4.69, 9.17) is 16.3 Å². The van der Waals surface area contributed by atoms with Crippen LogP contribution in [0.3, 0.4) is 0 Å². The summed E-state index contributed by atoms with van der Waals surface area (Å²) in [5.41, 5.74) is 3.49. The maximum atomic E-state index is 12.3. The van der Waals surface area contributed by atoms with Crippen molar-refractivity contribution in [1.82, 2.24) is 5.32 Å². The number of benzene rings is 2. The first kappa shape index (κ1) is 19.4.